The summed E-state index contributed by atoms with van der Waals surface area (Å²) in [7, 11) is 0. The molecule has 0 fully saturated rings. The molecule has 0 amide bonds. The van der Waals surface area contributed by atoms with Crippen LogP contribution in [0.5, 0.6) is 0 Å². The summed E-state index contributed by atoms with van der Waals surface area (Å²) in [6, 6.07) is 0. The van der Waals surface area contributed by atoms with Crippen molar-refractivity contribution in [3.05, 3.63) is 0 Å². The van der Waals surface area contributed by atoms with Crippen LogP contribution in [0.25, 0.3) is 0 Å². The predicted molar refractivity (Wildman–Crippen MR) is 17.9 cm³/mol. The van der Waals surface area contributed by atoms with Gasteiger partial charge in [0.2, 0.25) is 0 Å². The molecule has 0 aromatic carbocycles. The van der Waals surface area contributed by atoms with Crippen LogP contribution in [0.15, 0.2) is 0 Å². The van der Waals surface area contributed by atoms with Crippen molar-refractivity contribution in [2.24, 2.45) is 0 Å². The Morgan fingerprint density at radius 1 is 1.20 bits per heavy atom. The molecule has 5 heteroatoms. The van der Waals surface area contributed by atoms with E-state index in [1.54, 1.807) is 0 Å². The molecule has 0 aliphatic carbocycles. The molecule has 0 unspecified atom stereocenters. The monoisotopic (exact) mass is 594 g/mol. The Hall–Kier alpha value is 5.19. The van der Waals surface area contributed by atoms with Gasteiger partial charge >= 0.3 is 75.1 Å². The molecule has 0 saturated carbocycles. The summed E-state index contributed by atoms with van der Waals surface area (Å²) in [5.74, 6) is 0. The van der Waals surface area contributed by atoms with E-state index in [0.29, 0.717) is 0 Å². The molecular weight excluding hydrogens is 590 g/mol. The van der Waals surface area contributed by atoms with Gasteiger partial charge in [0.1, 0.15) is 0 Å². The van der Waals surface area contributed by atoms with Crippen LogP contribution in [0.1, 0.15) is 2.85 Å². The first kappa shape index (κ1) is 31.9. The van der Waals surface area contributed by atoms with Crippen LogP contribution in [0.4, 0.5) is 0 Å². The zero-order chi connectivity index (χ0) is 0. The topological polar surface area (TPSA) is 0 Å². The van der Waals surface area contributed by atoms with Gasteiger partial charge in [-0.25, -0.2) is 0 Å². The Kier molecular flexibility index (Phi) is 146. The van der Waals surface area contributed by atoms with Gasteiger partial charge in [-0.3, -0.25) is 0 Å². The van der Waals surface area contributed by atoms with E-state index in [4.69, 9.17) is 0 Å². The van der Waals surface area contributed by atoms with Gasteiger partial charge in [0.15, 0.2) is 0 Å². The minimum atomic E-state index is 0. The normalized spacial score (nSPS) is 0. The van der Waals surface area contributed by atoms with E-state index in [0.717, 1.165) is 0 Å². The molecule has 0 aromatic rings. The first-order chi connectivity index (χ1) is 0. The molecule has 5 heavy (non-hydrogen) atoms. The van der Waals surface area contributed by atoms with Crippen molar-refractivity contribution < 1.29 is 86.6 Å². The molecule has 0 nitrogen and oxygen atoms in total. The average molecular weight is 595 g/mol. The predicted octanol–water partition coefficient (Wildman–Crippen LogP) is -1.34. The van der Waals surface area contributed by atoms with Gasteiger partial charge < -0.3 is 2.85 Å². The van der Waals surface area contributed by atoms with Crippen molar-refractivity contribution in [2.45, 2.75) is 0 Å². The molecule has 0 aromatic heterocycles. The van der Waals surface area contributed by atoms with E-state index in [9.17, 15) is 0 Å². The SMILES string of the molecule is [Ba+2].[BiH3].[H-].[H-].[Mn].[Nd].[Sc]. The molecule has 0 N–H and O–H groups in total. The summed E-state index contributed by atoms with van der Waals surface area (Å²) in [6.45, 7) is 0. The number of hydrogen-bond donors (Lipinski definition) is 0. The van der Waals surface area contributed by atoms with Gasteiger partial charge in [0, 0.05) is 83.8 Å². The molecule has 0 aliphatic heterocycles. The Morgan fingerprint density at radius 2 is 1.20 bits per heavy atom. The second kappa shape index (κ2) is 22.9. The summed E-state index contributed by atoms with van der Waals surface area (Å²) >= 11 is 0. The average Bonchev–Trinajstić information content (AvgIpc) is 0. The summed E-state index contributed by atoms with van der Waals surface area (Å²) < 4.78 is 0. The van der Waals surface area contributed by atoms with Crippen molar-refractivity contribution in [3.8, 4) is 0 Å². The summed E-state index contributed by atoms with van der Waals surface area (Å²) in [5, 5.41) is 0. The second-order valence-corrected chi connectivity index (χ2v) is 0. The van der Waals surface area contributed by atoms with Crippen molar-refractivity contribution in [1.29, 1.82) is 0 Å². The summed E-state index contributed by atoms with van der Waals surface area (Å²) in [4.78, 5) is 0. The van der Waals surface area contributed by atoms with Crippen LogP contribution in [0, 0.1) is 40.8 Å². The minimum Gasteiger partial charge on any atom is -1.00 e. The third kappa shape index (κ3) is 17.6. The Bertz CT molecular complexity index is 17.7. The molecule has 2 radical (unpaired) electrons. The Labute approximate surface area is 157 Å². The molecule has 0 bridgehead atoms. The smallest absolute Gasteiger partial charge is 0 e. The number of rotatable bonds is 0. The van der Waals surface area contributed by atoms with E-state index in [1.165, 1.54) is 0 Å². The third-order valence-electron chi connectivity index (χ3n) is 0. The molecule has 0 heterocycles. The molecule has 26 valence electrons. The van der Waals surface area contributed by atoms with E-state index < -0.39 is 0 Å². The van der Waals surface area contributed by atoms with Gasteiger partial charge in [-0.15, -0.1) is 0 Å². The molecule has 0 spiro atoms. The van der Waals surface area contributed by atoms with E-state index in [-0.39, 0.29) is 162 Å². The zero-order valence-corrected chi connectivity index (χ0v) is 19.0. The van der Waals surface area contributed by atoms with Gasteiger partial charge in [-0.05, 0) is 0 Å². The number of hydrogen-bond acceptors (Lipinski definition) is 0. The van der Waals surface area contributed by atoms with Gasteiger partial charge in [0.25, 0.3) is 0 Å². The van der Waals surface area contributed by atoms with Crippen LogP contribution in [0.3, 0.4) is 0 Å². The van der Waals surface area contributed by atoms with Crippen LogP contribution in [-0.2, 0) is 42.9 Å². The second-order valence-electron chi connectivity index (χ2n) is 0. The quantitative estimate of drug-likeness (QED) is 0.305. The third-order valence-corrected chi connectivity index (χ3v) is 0. The van der Waals surface area contributed by atoms with E-state index >= 15 is 0 Å². The molecular formula is H5BaBiMnNdSc. The largest absolute Gasteiger partial charge is 1.00 e. The zero-order valence-electron chi connectivity index (χ0n) is 4.87. The van der Waals surface area contributed by atoms with Gasteiger partial charge in [-0.1, -0.05) is 0 Å². The maximum absolute atomic E-state index is 0. The van der Waals surface area contributed by atoms with Crippen molar-refractivity contribution >= 4 is 75.1 Å². The Balaban J connectivity index is 0. The fourth-order valence-corrected chi connectivity index (χ4v) is 0. The van der Waals surface area contributed by atoms with Crippen molar-refractivity contribution in [3.63, 3.8) is 0 Å². The molecule has 0 atom stereocenters. The first-order valence-electron chi connectivity index (χ1n) is 0. The van der Waals surface area contributed by atoms with E-state index in [2.05, 4.69) is 0 Å². The fourth-order valence-electron chi connectivity index (χ4n) is 0. The van der Waals surface area contributed by atoms with Crippen LogP contribution >= 0.6 is 0 Å². The van der Waals surface area contributed by atoms with Crippen LogP contribution in [-0.4, -0.2) is 75.1 Å². The van der Waals surface area contributed by atoms with Crippen LogP contribution < -0.4 is 0 Å². The maximum Gasteiger partial charge on any atom is 0 e. The van der Waals surface area contributed by atoms with Crippen LogP contribution in [0.2, 0.25) is 0 Å². The molecule has 0 aliphatic rings. The van der Waals surface area contributed by atoms with Gasteiger partial charge in [0.05, 0.1) is 0 Å². The first-order valence-corrected chi connectivity index (χ1v) is 0. The van der Waals surface area contributed by atoms with Crippen molar-refractivity contribution in [1.82, 2.24) is 0 Å². The molecule has 0 saturated heterocycles. The standard InChI is InChI=1S/Ba.Bi.Mn.Nd.Sc.5H/q+2;;;;;;;;2*-1. The van der Waals surface area contributed by atoms with E-state index in [1.807, 2.05) is 0 Å². The Morgan fingerprint density at radius 3 is 1.20 bits per heavy atom. The maximum atomic E-state index is 0. The van der Waals surface area contributed by atoms with Gasteiger partial charge in [-0.2, -0.15) is 0 Å². The fraction of sp³-hybridized carbons (Fsp3) is 0. The minimum absolute atomic E-state index is 0. The summed E-state index contributed by atoms with van der Waals surface area (Å²) in [5.41, 5.74) is 0. The van der Waals surface area contributed by atoms with Crippen molar-refractivity contribution in [2.75, 3.05) is 0 Å². The molecule has 0 rings (SSSR count). The summed E-state index contributed by atoms with van der Waals surface area (Å²) in [6.07, 6.45) is 0.